The molecule has 134 valence electrons. The minimum atomic E-state index is 0.423. The second kappa shape index (κ2) is 12.7. The molecule has 0 saturated carbocycles. The van der Waals surface area contributed by atoms with Crippen molar-refractivity contribution < 1.29 is 0 Å². The Kier molecular flexibility index (Phi) is 11.2. The Morgan fingerprint density at radius 2 is 1.43 bits per heavy atom. The lowest BCUT2D eigenvalue weighted by Gasteiger charge is -2.18. The number of rotatable bonds is 14. The molecule has 1 heterocycles. The SMILES string of the molecule is CCCCCCCC(CCCCCCC)n1nc(SC)nc1N. The van der Waals surface area contributed by atoms with Crippen LogP contribution in [0.3, 0.4) is 0 Å². The number of nitrogen functional groups attached to an aromatic ring is 1. The van der Waals surface area contributed by atoms with Crippen molar-refractivity contribution in [2.45, 2.75) is 102 Å². The van der Waals surface area contributed by atoms with Crippen LogP contribution in [-0.4, -0.2) is 21.0 Å². The number of nitrogens with two attached hydrogens (primary N) is 1. The van der Waals surface area contributed by atoms with Gasteiger partial charge in [-0.25, -0.2) is 4.68 Å². The second-order valence-electron chi connectivity index (χ2n) is 6.46. The molecule has 2 N–H and O–H groups in total. The molecule has 0 bridgehead atoms. The van der Waals surface area contributed by atoms with Crippen LogP contribution in [0.4, 0.5) is 5.95 Å². The van der Waals surface area contributed by atoms with Gasteiger partial charge in [-0.05, 0) is 19.1 Å². The zero-order valence-corrected chi connectivity index (χ0v) is 16.2. The van der Waals surface area contributed by atoms with Gasteiger partial charge in [0.2, 0.25) is 11.1 Å². The highest BCUT2D eigenvalue weighted by molar-refractivity contribution is 7.98. The largest absolute Gasteiger partial charge is 0.368 e. The molecule has 0 radical (unpaired) electrons. The Hall–Kier alpha value is -0.710. The topological polar surface area (TPSA) is 56.7 Å². The minimum Gasteiger partial charge on any atom is -0.368 e. The van der Waals surface area contributed by atoms with Gasteiger partial charge in [-0.2, -0.15) is 4.98 Å². The fraction of sp³-hybridized carbons (Fsp3) is 0.889. The number of anilines is 1. The van der Waals surface area contributed by atoms with Crippen LogP contribution >= 0.6 is 11.8 Å². The van der Waals surface area contributed by atoms with E-state index in [0.717, 1.165) is 5.16 Å². The monoisotopic (exact) mass is 340 g/mol. The van der Waals surface area contributed by atoms with Crippen molar-refractivity contribution in [1.82, 2.24) is 14.8 Å². The average molecular weight is 341 g/mol. The van der Waals surface area contributed by atoms with Crippen molar-refractivity contribution in [1.29, 1.82) is 0 Å². The molecule has 0 fully saturated rings. The third-order valence-electron chi connectivity index (χ3n) is 4.45. The molecule has 23 heavy (non-hydrogen) atoms. The van der Waals surface area contributed by atoms with Gasteiger partial charge >= 0.3 is 0 Å². The first-order valence-corrected chi connectivity index (χ1v) is 10.7. The van der Waals surface area contributed by atoms with Crippen LogP contribution in [0.25, 0.3) is 0 Å². The molecule has 0 aliphatic heterocycles. The zero-order valence-electron chi connectivity index (χ0n) is 15.4. The summed E-state index contributed by atoms with van der Waals surface area (Å²) in [6.45, 7) is 4.53. The third kappa shape index (κ3) is 8.09. The molecular formula is C18H36N4S. The fourth-order valence-corrected chi connectivity index (χ4v) is 3.38. The van der Waals surface area contributed by atoms with E-state index in [-0.39, 0.29) is 0 Å². The Morgan fingerprint density at radius 3 is 1.87 bits per heavy atom. The molecule has 0 spiro atoms. The lowest BCUT2D eigenvalue weighted by Crippen LogP contribution is -2.14. The van der Waals surface area contributed by atoms with E-state index in [2.05, 4.69) is 23.9 Å². The molecule has 0 saturated heterocycles. The molecular weight excluding hydrogens is 304 g/mol. The second-order valence-corrected chi connectivity index (χ2v) is 7.23. The van der Waals surface area contributed by atoms with E-state index in [9.17, 15) is 0 Å². The van der Waals surface area contributed by atoms with Crippen molar-refractivity contribution in [2.75, 3.05) is 12.0 Å². The van der Waals surface area contributed by atoms with E-state index in [1.807, 2.05) is 10.9 Å². The number of thioether (sulfide) groups is 1. The molecule has 1 aromatic heterocycles. The lowest BCUT2D eigenvalue weighted by molar-refractivity contribution is 0.367. The predicted octanol–water partition coefficient (Wildman–Crippen LogP) is 5.84. The molecule has 4 nitrogen and oxygen atoms in total. The minimum absolute atomic E-state index is 0.423. The molecule has 5 heteroatoms. The average Bonchev–Trinajstić information content (AvgIpc) is 2.93. The van der Waals surface area contributed by atoms with Crippen LogP contribution in [0, 0.1) is 0 Å². The Balaban J connectivity index is 2.51. The lowest BCUT2D eigenvalue weighted by atomic mass is 10.0. The summed E-state index contributed by atoms with van der Waals surface area (Å²) < 4.78 is 1.99. The molecule has 0 aliphatic carbocycles. The van der Waals surface area contributed by atoms with E-state index in [4.69, 9.17) is 5.73 Å². The summed E-state index contributed by atoms with van der Waals surface area (Å²) in [4.78, 5) is 4.36. The van der Waals surface area contributed by atoms with Gasteiger partial charge in [0.05, 0.1) is 6.04 Å². The van der Waals surface area contributed by atoms with Crippen LogP contribution in [0.5, 0.6) is 0 Å². The quantitative estimate of drug-likeness (QED) is 0.341. The fourth-order valence-electron chi connectivity index (χ4n) is 3.03. The summed E-state index contributed by atoms with van der Waals surface area (Å²) in [6.07, 6.45) is 17.6. The van der Waals surface area contributed by atoms with Crippen molar-refractivity contribution in [3.8, 4) is 0 Å². The van der Waals surface area contributed by atoms with Crippen LogP contribution in [0.1, 0.15) is 96.9 Å². The molecule has 1 aromatic rings. The number of hydrogen-bond donors (Lipinski definition) is 1. The van der Waals surface area contributed by atoms with Gasteiger partial charge in [-0.3, -0.25) is 0 Å². The Morgan fingerprint density at radius 1 is 0.913 bits per heavy atom. The smallest absolute Gasteiger partial charge is 0.219 e. The zero-order chi connectivity index (χ0) is 16.9. The molecule has 0 aliphatic rings. The number of aromatic nitrogens is 3. The van der Waals surface area contributed by atoms with Crippen molar-refractivity contribution in [3.05, 3.63) is 0 Å². The predicted molar refractivity (Wildman–Crippen MR) is 102 cm³/mol. The summed E-state index contributed by atoms with van der Waals surface area (Å²) >= 11 is 1.57. The van der Waals surface area contributed by atoms with Gasteiger partial charge in [0, 0.05) is 0 Å². The van der Waals surface area contributed by atoms with Crippen molar-refractivity contribution in [3.63, 3.8) is 0 Å². The van der Waals surface area contributed by atoms with Crippen LogP contribution < -0.4 is 5.73 Å². The first-order valence-electron chi connectivity index (χ1n) is 9.48. The molecule has 0 atom stereocenters. The van der Waals surface area contributed by atoms with Crippen molar-refractivity contribution in [2.24, 2.45) is 0 Å². The van der Waals surface area contributed by atoms with Crippen molar-refractivity contribution >= 4 is 17.7 Å². The Bertz CT molecular complexity index is 392. The Labute approximate surface area is 147 Å². The molecule has 0 unspecified atom stereocenters. The van der Waals surface area contributed by atoms with E-state index < -0.39 is 0 Å². The summed E-state index contributed by atoms with van der Waals surface area (Å²) in [5, 5.41) is 5.40. The van der Waals surface area contributed by atoms with Gasteiger partial charge in [-0.15, -0.1) is 5.10 Å². The number of unbranched alkanes of at least 4 members (excludes halogenated alkanes) is 8. The normalized spacial score (nSPS) is 11.5. The summed E-state index contributed by atoms with van der Waals surface area (Å²) in [5.74, 6) is 0.585. The summed E-state index contributed by atoms with van der Waals surface area (Å²) in [7, 11) is 0. The van der Waals surface area contributed by atoms with Crippen LogP contribution in [-0.2, 0) is 0 Å². The maximum atomic E-state index is 6.10. The standard InChI is InChI=1S/C18H36N4S/c1-4-6-8-10-12-14-16(15-13-11-9-7-5-2)22-17(19)20-18(21-22)23-3/h16H,4-15H2,1-3H3,(H2,19,20,21). The first-order chi connectivity index (χ1) is 11.2. The van der Waals surface area contributed by atoms with Gasteiger partial charge in [0.25, 0.3) is 0 Å². The van der Waals surface area contributed by atoms with E-state index >= 15 is 0 Å². The van der Waals surface area contributed by atoms with Gasteiger partial charge in [0.1, 0.15) is 0 Å². The van der Waals surface area contributed by atoms with Crippen LogP contribution in [0.15, 0.2) is 5.16 Å². The van der Waals surface area contributed by atoms with Gasteiger partial charge < -0.3 is 5.73 Å². The number of hydrogen-bond acceptors (Lipinski definition) is 4. The van der Waals surface area contributed by atoms with E-state index in [0.29, 0.717) is 12.0 Å². The molecule has 0 aromatic carbocycles. The highest BCUT2D eigenvalue weighted by atomic mass is 32.2. The summed E-state index contributed by atoms with van der Waals surface area (Å²) in [5.41, 5.74) is 6.10. The maximum absolute atomic E-state index is 6.10. The van der Waals surface area contributed by atoms with Crippen LogP contribution in [0.2, 0.25) is 0 Å². The number of nitrogens with zero attached hydrogens (tertiary/aromatic N) is 3. The van der Waals surface area contributed by atoms with Gasteiger partial charge in [-0.1, -0.05) is 89.8 Å². The first kappa shape index (κ1) is 20.3. The summed E-state index contributed by atoms with van der Waals surface area (Å²) in [6, 6.07) is 0.423. The maximum Gasteiger partial charge on any atom is 0.219 e. The highest BCUT2D eigenvalue weighted by Crippen LogP contribution is 2.26. The molecule has 1 rings (SSSR count). The van der Waals surface area contributed by atoms with E-state index in [1.54, 1.807) is 11.8 Å². The van der Waals surface area contributed by atoms with E-state index in [1.165, 1.54) is 77.0 Å². The highest BCUT2D eigenvalue weighted by Gasteiger charge is 2.16. The molecule has 0 amide bonds. The third-order valence-corrected chi connectivity index (χ3v) is 4.99. The van der Waals surface area contributed by atoms with Gasteiger partial charge in [0.15, 0.2) is 0 Å².